The summed E-state index contributed by atoms with van der Waals surface area (Å²) in [5, 5.41) is 10.7. The minimum Gasteiger partial charge on any atom is -0.462 e. The molecule has 0 bridgehead atoms. The molecule has 0 fully saturated rings. The second-order valence-corrected chi connectivity index (χ2v) is 34.3. The van der Waals surface area contributed by atoms with Gasteiger partial charge in [0.05, 0.1) is 26.4 Å². The number of rotatable bonds is 86. The lowest BCUT2D eigenvalue weighted by atomic mass is 10.0. The van der Waals surface area contributed by atoms with Gasteiger partial charge in [0, 0.05) is 25.7 Å². The van der Waals surface area contributed by atoms with Crippen LogP contribution < -0.4 is 0 Å². The van der Waals surface area contributed by atoms with E-state index in [4.69, 9.17) is 37.0 Å². The molecule has 0 aromatic heterocycles. The number of ether oxygens (including phenoxy) is 4. The molecule has 0 heterocycles. The summed E-state index contributed by atoms with van der Waals surface area (Å²) in [6, 6.07) is 0. The lowest BCUT2D eigenvalue weighted by Gasteiger charge is -2.21. The number of phosphoric ester groups is 2. The third-order valence-corrected chi connectivity index (χ3v) is 22.2. The zero-order valence-electron chi connectivity index (χ0n) is 68.9. The van der Waals surface area contributed by atoms with Gasteiger partial charge in [0.15, 0.2) is 12.2 Å². The molecular weight excluding hydrogens is 1370 g/mol. The van der Waals surface area contributed by atoms with Gasteiger partial charge in [0.25, 0.3) is 0 Å². The second-order valence-electron chi connectivity index (χ2n) is 31.4. The summed E-state index contributed by atoms with van der Waals surface area (Å²) in [6.07, 6.45) is 72.1. The van der Waals surface area contributed by atoms with Crippen LogP contribution in [0.4, 0.5) is 0 Å². The Hall–Kier alpha value is -1.94. The number of aliphatic hydroxyl groups excluding tert-OH is 1. The molecule has 5 atom stereocenters. The van der Waals surface area contributed by atoms with E-state index in [0.717, 1.165) is 95.8 Å². The van der Waals surface area contributed by atoms with E-state index in [1.54, 1.807) is 0 Å². The van der Waals surface area contributed by atoms with Gasteiger partial charge in [-0.25, -0.2) is 9.13 Å². The Morgan fingerprint density at radius 3 is 0.648 bits per heavy atom. The summed E-state index contributed by atoms with van der Waals surface area (Å²) in [5.74, 6) is -1.32. The number of esters is 4. The van der Waals surface area contributed by atoms with E-state index in [2.05, 4.69) is 34.6 Å². The Morgan fingerprint density at radius 2 is 0.438 bits per heavy atom. The largest absolute Gasteiger partial charge is 0.472 e. The number of carbonyl (C=O) groups is 4. The van der Waals surface area contributed by atoms with Gasteiger partial charge in [-0.15, -0.1) is 0 Å². The van der Waals surface area contributed by atoms with Crippen molar-refractivity contribution in [2.75, 3.05) is 39.6 Å². The Bertz CT molecular complexity index is 2000. The summed E-state index contributed by atoms with van der Waals surface area (Å²) < 4.78 is 68.9. The van der Waals surface area contributed by atoms with Gasteiger partial charge in [-0.05, 0) is 31.6 Å². The van der Waals surface area contributed by atoms with E-state index < -0.39 is 97.5 Å². The van der Waals surface area contributed by atoms with Crippen LogP contribution in [-0.2, 0) is 65.4 Å². The fraction of sp³-hybridized carbons (Fsp3) is 0.953. The maximum atomic E-state index is 13.1. The second kappa shape index (κ2) is 78.7. The molecule has 2 unspecified atom stereocenters. The number of unbranched alkanes of at least 4 members (excludes halogenated alkanes) is 58. The maximum Gasteiger partial charge on any atom is 0.472 e. The summed E-state index contributed by atoms with van der Waals surface area (Å²) in [5.41, 5.74) is 0. The third kappa shape index (κ3) is 79.9. The van der Waals surface area contributed by atoms with Crippen LogP contribution in [0.5, 0.6) is 0 Å². The fourth-order valence-corrected chi connectivity index (χ4v) is 15.1. The van der Waals surface area contributed by atoms with Gasteiger partial charge in [-0.3, -0.25) is 37.3 Å². The first-order valence-electron chi connectivity index (χ1n) is 44.6. The van der Waals surface area contributed by atoms with Gasteiger partial charge in [-0.1, -0.05) is 413 Å². The standard InChI is InChI=1S/C86H168O17P2/c1-6-9-12-15-18-21-24-27-29-31-32-33-34-35-37-40-46-51-56-61-66-71-85(90)102-81(76-97-84(89)70-65-60-55-50-45-39-36-30-28-25-22-19-16-13-10-7-2)77-100-104(92,93)98-73-80(87)74-99-105(94,95)101-78-82(75-96-83(88)69-64-59-54-49-44-38-26-23-20-17-14-11-8-3)103-86(91)72-67-62-57-52-47-42-41-43-48-53-58-63-68-79(4)5/h79-82,87H,6-78H2,1-5H3,(H,92,93)(H,94,95)/t80-,81-,82-/m1/s1. The Kier molecular flexibility index (Phi) is 77.3. The van der Waals surface area contributed by atoms with E-state index >= 15 is 0 Å². The van der Waals surface area contributed by atoms with E-state index in [1.165, 1.54) is 289 Å². The Morgan fingerprint density at radius 1 is 0.257 bits per heavy atom. The summed E-state index contributed by atoms with van der Waals surface area (Å²) >= 11 is 0. The van der Waals surface area contributed by atoms with Crippen LogP contribution in [0.3, 0.4) is 0 Å². The molecule has 0 aliphatic heterocycles. The highest BCUT2D eigenvalue weighted by atomic mass is 31.2. The van der Waals surface area contributed by atoms with Crippen LogP contribution in [0.15, 0.2) is 0 Å². The third-order valence-electron chi connectivity index (χ3n) is 20.3. The van der Waals surface area contributed by atoms with Crippen LogP contribution in [0, 0.1) is 5.92 Å². The molecule has 0 radical (unpaired) electrons. The van der Waals surface area contributed by atoms with E-state index in [-0.39, 0.29) is 25.7 Å². The highest BCUT2D eigenvalue weighted by molar-refractivity contribution is 7.47. The predicted molar refractivity (Wildman–Crippen MR) is 432 cm³/mol. The van der Waals surface area contributed by atoms with Gasteiger partial charge in [0.2, 0.25) is 0 Å². The van der Waals surface area contributed by atoms with Crippen LogP contribution in [-0.4, -0.2) is 96.7 Å². The van der Waals surface area contributed by atoms with Crippen molar-refractivity contribution in [1.29, 1.82) is 0 Å². The average Bonchev–Trinajstić information content (AvgIpc) is 0.908. The molecule has 19 heteroatoms. The van der Waals surface area contributed by atoms with Crippen molar-refractivity contribution in [3.8, 4) is 0 Å². The molecule has 0 aromatic carbocycles. The molecule has 0 spiro atoms. The van der Waals surface area contributed by atoms with Gasteiger partial charge in [-0.2, -0.15) is 0 Å². The van der Waals surface area contributed by atoms with Crippen molar-refractivity contribution in [1.82, 2.24) is 0 Å². The number of carbonyl (C=O) groups excluding carboxylic acids is 4. The first-order valence-corrected chi connectivity index (χ1v) is 47.6. The highest BCUT2D eigenvalue weighted by Gasteiger charge is 2.30. The van der Waals surface area contributed by atoms with Crippen LogP contribution in [0.1, 0.15) is 465 Å². The molecule has 0 aliphatic carbocycles. The maximum absolute atomic E-state index is 13.1. The first kappa shape index (κ1) is 103. The Labute approximate surface area is 645 Å². The molecular formula is C86H168O17P2. The summed E-state index contributed by atoms with van der Waals surface area (Å²) in [6.45, 7) is 7.38. The molecule has 17 nitrogen and oxygen atoms in total. The topological polar surface area (TPSA) is 237 Å². The molecule has 3 N–H and O–H groups in total. The van der Waals surface area contributed by atoms with Gasteiger partial charge < -0.3 is 33.8 Å². The monoisotopic (exact) mass is 1540 g/mol. The van der Waals surface area contributed by atoms with Crippen LogP contribution >= 0.6 is 15.6 Å². The van der Waals surface area contributed by atoms with Crippen molar-refractivity contribution in [3.05, 3.63) is 0 Å². The van der Waals surface area contributed by atoms with Crippen molar-refractivity contribution in [2.24, 2.45) is 5.92 Å². The SMILES string of the molecule is CCCCCCCCCCCCCCCCCCCCCCCC(=O)O[C@H](COC(=O)CCCCCCCCCCCCCCCCCC)COP(=O)(O)OC[C@@H](O)COP(=O)(O)OC[C@@H](COC(=O)CCCCCCCCCCCCCCC)OC(=O)CCCCCCCCCCCCCCC(C)C. The van der Waals surface area contributed by atoms with E-state index in [1.807, 2.05) is 0 Å². The van der Waals surface area contributed by atoms with Crippen molar-refractivity contribution in [2.45, 2.75) is 483 Å². The van der Waals surface area contributed by atoms with Gasteiger partial charge >= 0.3 is 39.5 Å². The van der Waals surface area contributed by atoms with Crippen molar-refractivity contribution >= 4 is 39.5 Å². The van der Waals surface area contributed by atoms with Gasteiger partial charge in [0.1, 0.15) is 19.3 Å². The lowest BCUT2D eigenvalue weighted by Crippen LogP contribution is -2.30. The average molecular weight is 1540 g/mol. The zero-order valence-corrected chi connectivity index (χ0v) is 70.7. The van der Waals surface area contributed by atoms with E-state index in [9.17, 15) is 43.2 Å². The fourth-order valence-electron chi connectivity index (χ4n) is 13.5. The normalized spacial score (nSPS) is 13.8. The number of phosphoric acid groups is 2. The molecule has 0 aliphatic rings. The number of aliphatic hydroxyl groups is 1. The Balaban J connectivity index is 5.25. The molecule has 624 valence electrons. The van der Waals surface area contributed by atoms with Crippen LogP contribution in [0.2, 0.25) is 0 Å². The molecule has 0 rings (SSSR count). The molecule has 0 aromatic rings. The molecule has 0 saturated heterocycles. The predicted octanol–water partition coefficient (Wildman–Crippen LogP) is 26.4. The lowest BCUT2D eigenvalue weighted by molar-refractivity contribution is -0.161. The molecule has 0 saturated carbocycles. The summed E-state index contributed by atoms with van der Waals surface area (Å²) in [7, 11) is -9.93. The quantitative estimate of drug-likeness (QED) is 0.0222. The highest BCUT2D eigenvalue weighted by Crippen LogP contribution is 2.45. The minimum atomic E-state index is -4.97. The number of hydrogen-bond acceptors (Lipinski definition) is 15. The minimum absolute atomic E-state index is 0.108. The summed E-state index contributed by atoms with van der Waals surface area (Å²) in [4.78, 5) is 73.3. The first-order chi connectivity index (χ1) is 51.0. The number of hydrogen-bond donors (Lipinski definition) is 3. The van der Waals surface area contributed by atoms with Crippen molar-refractivity contribution in [3.63, 3.8) is 0 Å². The zero-order chi connectivity index (χ0) is 76.9. The van der Waals surface area contributed by atoms with E-state index in [0.29, 0.717) is 25.7 Å². The molecule has 105 heavy (non-hydrogen) atoms. The van der Waals surface area contributed by atoms with Crippen molar-refractivity contribution < 1.29 is 80.2 Å². The molecule has 0 amide bonds. The van der Waals surface area contributed by atoms with Crippen LogP contribution in [0.25, 0.3) is 0 Å². The smallest absolute Gasteiger partial charge is 0.462 e.